The lowest BCUT2D eigenvalue weighted by Gasteiger charge is -2.02. The number of nitro benzene ring substituents is 1. The molecule has 0 amide bonds. The minimum Gasteiger partial charge on any atom is -0.487 e. The maximum absolute atomic E-state index is 10.5. The molecule has 0 saturated heterocycles. The van der Waals surface area contributed by atoms with E-state index in [2.05, 4.69) is 6.07 Å². The van der Waals surface area contributed by atoms with Gasteiger partial charge in [-0.15, -0.1) is 0 Å². The van der Waals surface area contributed by atoms with Crippen LogP contribution in [0.1, 0.15) is 6.92 Å². The number of halogens is 1. The van der Waals surface area contributed by atoms with Crippen molar-refractivity contribution in [3.63, 3.8) is 0 Å². The van der Waals surface area contributed by atoms with Gasteiger partial charge >= 0.3 is 5.69 Å². The van der Waals surface area contributed by atoms with Crippen LogP contribution >= 0.6 is 11.6 Å². The molecular weight excluding hydrogens is 194 g/mol. The van der Waals surface area contributed by atoms with Gasteiger partial charge in [-0.2, -0.15) is 0 Å². The Morgan fingerprint density at radius 2 is 2.46 bits per heavy atom. The van der Waals surface area contributed by atoms with Crippen LogP contribution in [0.25, 0.3) is 0 Å². The summed E-state index contributed by atoms with van der Waals surface area (Å²) in [6.45, 7) is 2.12. The lowest BCUT2D eigenvalue weighted by atomic mass is 10.3. The Labute approximate surface area is 80.2 Å². The fourth-order valence-corrected chi connectivity index (χ4v) is 1.01. The van der Waals surface area contributed by atoms with Gasteiger partial charge in [-0.05, 0) is 13.0 Å². The molecule has 1 aromatic rings. The van der Waals surface area contributed by atoms with Crippen molar-refractivity contribution in [3.8, 4) is 5.75 Å². The number of nitrogens with zero attached hydrogens (tertiary/aromatic N) is 1. The van der Waals surface area contributed by atoms with E-state index in [0.29, 0.717) is 6.61 Å². The molecule has 0 spiro atoms. The molecule has 13 heavy (non-hydrogen) atoms. The summed E-state index contributed by atoms with van der Waals surface area (Å²) in [4.78, 5) is 9.96. The number of hydrogen-bond donors (Lipinski definition) is 0. The predicted octanol–water partition coefficient (Wildman–Crippen LogP) is 2.45. The van der Waals surface area contributed by atoms with Crippen LogP contribution in [0.15, 0.2) is 12.1 Å². The molecular formula is C8H7ClNO3. The normalized spacial score (nSPS) is 9.69. The van der Waals surface area contributed by atoms with Crippen LogP contribution in [0.3, 0.4) is 0 Å². The average Bonchev–Trinajstić information content (AvgIpc) is 2.08. The first-order valence-corrected chi connectivity index (χ1v) is 4.01. The standard InChI is InChI=1S/C8H7ClNO3/c1-2-13-8-4-3-6(9)5-7(8)10(11)12/h4-5H,2H2,1H3. The van der Waals surface area contributed by atoms with E-state index in [0.717, 1.165) is 0 Å². The molecule has 0 saturated carbocycles. The van der Waals surface area contributed by atoms with Gasteiger partial charge in [0.2, 0.25) is 0 Å². The van der Waals surface area contributed by atoms with Crippen molar-refractivity contribution in [2.75, 3.05) is 6.61 Å². The summed E-state index contributed by atoms with van der Waals surface area (Å²) >= 11 is 5.55. The van der Waals surface area contributed by atoms with Gasteiger partial charge in [0.15, 0.2) is 5.75 Å². The second-order valence-corrected chi connectivity index (χ2v) is 2.63. The van der Waals surface area contributed by atoms with E-state index < -0.39 is 4.92 Å². The van der Waals surface area contributed by atoms with Crippen LogP contribution in [0.4, 0.5) is 5.69 Å². The molecule has 0 aliphatic carbocycles. The zero-order valence-corrected chi connectivity index (χ0v) is 7.67. The Balaban J connectivity index is 3.10. The van der Waals surface area contributed by atoms with E-state index in [1.807, 2.05) is 0 Å². The zero-order valence-electron chi connectivity index (χ0n) is 6.91. The van der Waals surface area contributed by atoms with Gasteiger partial charge in [-0.1, -0.05) is 11.6 Å². The zero-order chi connectivity index (χ0) is 9.84. The summed E-state index contributed by atoms with van der Waals surface area (Å²) in [5.74, 6) is 0.192. The summed E-state index contributed by atoms with van der Waals surface area (Å²) in [5.41, 5.74) is -0.134. The molecule has 0 aromatic heterocycles. The van der Waals surface area contributed by atoms with Gasteiger partial charge in [-0.25, -0.2) is 0 Å². The first kappa shape index (κ1) is 9.80. The van der Waals surface area contributed by atoms with Gasteiger partial charge in [-0.3, -0.25) is 10.1 Å². The van der Waals surface area contributed by atoms with E-state index in [1.54, 1.807) is 6.92 Å². The molecule has 69 valence electrons. The Morgan fingerprint density at radius 3 is 3.00 bits per heavy atom. The quantitative estimate of drug-likeness (QED) is 0.556. The first-order valence-electron chi connectivity index (χ1n) is 3.63. The molecule has 4 nitrogen and oxygen atoms in total. The van der Waals surface area contributed by atoms with Crippen molar-refractivity contribution in [2.24, 2.45) is 0 Å². The number of hydrogen-bond acceptors (Lipinski definition) is 3. The molecule has 0 bridgehead atoms. The Bertz CT molecular complexity index is 327. The topological polar surface area (TPSA) is 52.4 Å². The third-order valence-electron chi connectivity index (χ3n) is 1.35. The highest BCUT2D eigenvalue weighted by Gasteiger charge is 2.14. The summed E-state index contributed by atoms with van der Waals surface area (Å²) in [6, 6.07) is 5.20. The maximum Gasteiger partial charge on any atom is 0.312 e. The Morgan fingerprint density at radius 1 is 1.77 bits per heavy atom. The molecule has 0 unspecified atom stereocenters. The van der Waals surface area contributed by atoms with Crippen molar-refractivity contribution in [1.82, 2.24) is 0 Å². The average molecular weight is 201 g/mol. The highest BCUT2D eigenvalue weighted by molar-refractivity contribution is 6.30. The van der Waals surface area contributed by atoms with Crippen LogP contribution in [-0.4, -0.2) is 11.5 Å². The molecule has 0 N–H and O–H groups in total. The third-order valence-corrected chi connectivity index (χ3v) is 1.57. The van der Waals surface area contributed by atoms with Crippen LogP contribution in [0.2, 0.25) is 5.02 Å². The minimum absolute atomic E-state index is 0.134. The van der Waals surface area contributed by atoms with Gasteiger partial charge < -0.3 is 4.74 Å². The van der Waals surface area contributed by atoms with Crippen molar-refractivity contribution in [3.05, 3.63) is 33.3 Å². The summed E-state index contributed by atoms with van der Waals surface area (Å²) < 4.78 is 5.02. The van der Waals surface area contributed by atoms with Crippen LogP contribution < -0.4 is 4.74 Å². The second kappa shape index (κ2) is 4.09. The second-order valence-electron chi connectivity index (χ2n) is 2.22. The molecule has 0 fully saturated rings. The monoisotopic (exact) mass is 200 g/mol. The molecule has 1 aromatic carbocycles. The molecule has 0 atom stereocenters. The van der Waals surface area contributed by atoms with E-state index in [9.17, 15) is 10.1 Å². The molecule has 1 radical (unpaired) electrons. The summed E-state index contributed by atoms with van der Waals surface area (Å²) in [7, 11) is 0. The molecule has 5 heteroatoms. The van der Waals surface area contributed by atoms with E-state index in [4.69, 9.17) is 16.3 Å². The first-order chi connectivity index (χ1) is 6.15. The van der Waals surface area contributed by atoms with Gasteiger partial charge in [0.1, 0.15) is 0 Å². The van der Waals surface area contributed by atoms with Crippen LogP contribution in [0, 0.1) is 16.2 Å². The van der Waals surface area contributed by atoms with Crippen LogP contribution in [0.5, 0.6) is 5.75 Å². The largest absolute Gasteiger partial charge is 0.487 e. The number of benzene rings is 1. The Hall–Kier alpha value is -1.29. The minimum atomic E-state index is -0.537. The molecule has 1 rings (SSSR count). The van der Waals surface area contributed by atoms with E-state index >= 15 is 0 Å². The summed E-state index contributed by atoms with van der Waals surface area (Å²) in [5, 5.41) is 10.7. The highest BCUT2D eigenvalue weighted by Crippen LogP contribution is 2.29. The molecule has 0 heterocycles. The van der Waals surface area contributed by atoms with E-state index in [-0.39, 0.29) is 16.5 Å². The smallest absolute Gasteiger partial charge is 0.312 e. The van der Waals surface area contributed by atoms with Crippen molar-refractivity contribution in [2.45, 2.75) is 6.92 Å². The van der Waals surface area contributed by atoms with Gasteiger partial charge in [0, 0.05) is 12.1 Å². The fraction of sp³-hybridized carbons (Fsp3) is 0.250. The molecule has 0 aliphatic rings. The number of rotatable bonds is 3. The van der Waals surface area contributed by atoms with Crippen molar-refractivity contribution >= 4 is 17.3 Å². The lowest BCUT2D eigenvalue weighted by Crippen LogP contribution is -1.97. The Kier molecular flexibility index (Phi) is 3.08. The van der Waals surface area contributed by atoms with Crippen LogP contribution in [-0.2, 0) is 0 Å². The number of nitro groups is 1. The lowest BCUT2D eigenvalue weighted by molar-refractivity contribution is -0.385. The third kappa shape index (κ3) is 2.32. The highest BCUT2D eigenvalue weighted by atomic mass is 35.5. The van der Waals surface area contributed by atoms with Gasteiger partial charge in [0.25, 0.3) is 0 Å². The van der Waals surface area contributed by atoms with Crippen molar-refractivity contribution < 1.29 is 9.66 Å². The summed E-state index contributed by atoms with van der Waals surface area (Å²) in [6.07, 6.45) is 0. The SMILES string of the molecule is CCOc1c[c]c(Cl)cc1[N+](=O)[O-]. The van der Waals surface area contributed by atoms with E-state index in [1.165, 1.54) is 12.1 Å². The fourth-order valence-electron chi connectivity index (χ4n) is 0.855. The molecule has 0 aliphatic heterocycles. The van der Waals surface area contributed by atoms with Crippen molar-refractivity contribution in [1.29, 1.82) is 0 Å². The van der Waals surface area contributed by atoms with Gasteiger partial charge in [0.05, 0.1) is 16.6 Å². The number of ether oxygens (including phenoxy) is 1. The predicted molar refractivity (Wildman–Crippen MR) is 48.1 cm³/mol. The maximum atomic E-state index is 10.5.